The lowest BCUT2D eigenvalue weighted by Gasteiger charge is -2.16. The Hall–Kier alpha value is -1.82. The van der Waals surface area contributed by atoms with E-state index in [0.717, 1.165) is 0 Å². The van der Waals surface area contributed by atoms with Gasteiger partial charge in [-0.3, -0.25) is 0 Å². The van der Waals surface area contributed by atoms with Crippen LogP contribution in [0.3, 0.4) is 0 Å². The first-order valence-corrected chi connectivity index (χ1v) is 5.00. The highest BCUT2D eigenvalue weighted by atomic mass is 19.1. The van der Waals surface area contributed by atoms with Gasteiger partial charge in [0.05, 0.1) is 14.2 Å². The van der Waals surface area contributed by atoms with E-state index in [9.17, 15) is 9.18 Å². The number of halogens is 1. The number of nitrogens with one attached hydrogen (secondary N) is 1. The molecule has 1 aromatic carbocycles. The highest BCUT2D eigenvalue weighted by molar-refractivity contribution is 5.79. The van der Waals surface area contributed by atoms with E-state index in [1.165, 1.54) is 32.4 Å². The zero-order valence-electron chi connectivity index (χ0n) is 9.70. The number of carbonyl (C=O) groups excluding carboxylic acids is 1. The molecule has 0 aliphatic rings. The maximum atomic E-state index is 13.1. The maximum Gasteiger partial charge on any atom is 0.329 e. The van der Waals surface area contributed by atoms with Crippen molar-refractivity contribution in [2.75, 3.05) is 26.1 Å². The van der Waals surface area contributed by atoms with Crippen LogP contribution in [0.5, 0.6) is 5.75 Å². The predicted molar refractivity (Wildman–Crippen MR) is 61.4 cm³/mol. The van der Waals surface area contributed by atoms with Crippen LogP contribution in [0.1, 0.15) is 0 Å². The smallest absolute Gasteiger partial charge is 0.329 e. The van der Waals surface area contributed by atoms with Crippen molar-refractivity contribution in [3.05, 3.63) is 24.0 Å². The van der Waals surface area contributed by atoms with Crippen LogP contribution in [0.2, 0.25) is 0 Å². The van der Waals surface area contributed by atoms with E-state index < -0.39 is 17.8 Å². The summed E-state index contributed by atoms with van der Waals surface area (Å²) in [7, 11) is 2.64. The number of ether oxygens (including phenoxy) is 2. The summed E-state index contributed by atoms with van der Waals surface area (Å²) < 4.78 is 22.5. The number of anilines is 1. The lowest BCUT2D eigenvalue weighted by atomic mass is 10.2. The fraction of sp³-hybridized carbons (Fsp3) is 0.364. The largest absolute Gasteiger partial charge is 0.494 e. The highest BCUT2D eigenvalue weighted by Crippen LogP contribution is 2.21. The number of carbonyl (C=O) groups is 1. The van der Waals surface area contributed by atoms with Gasteiger partial charge in [-0.05, 0) is 12.1 Å². The molecule has 17 heavy (non-hydrogen) atoms. The van der Waals surface area contributed by atoms with Gasteiger partial charge < -0.3 is 20.5 Å². The molecule has 0 aliphatic carbocycles. The van der Waals surface area contributed by atoms with Crippen LogP contribution in [0.25, 0.3) is 0 Å². The average molecular weight is 242 g/mol. The normalized spacial score (nSPS) is 11.8. The Labute approximate surface area is 98.7 Å². The molecular weight excluding hydrogens is 227 g/mol. The van der Waals surface area contributed by atoms with Gasteiger partial charge in [0.25, 0.3) is 0 Å². The minimum absolute atomic E-state index is 0.0758. The molecule has 94 valence electrons. The van der Waals surface area contributed by atoms with Crippen molar-refractivity contribution in [3.63, 3.8) is 0 Å². The second-order valence-electron chi connectivity index (χ2n) is 3.31. The zero-order chi connectivity index (χ0) is 12.8. The van der Waals surface area contributed by atoms with Crippen LogP contribution in [-0.2, 0) is 9.53 Å². The van der Waals surface area contributed by atoms with E-state index in [2.05, 4.69) is 10.1 Å². The molecule has 0 saturated carbocycles. The van der Waals surface area contributed by atoms with Crippen molar-refractivity contribution in [1.82, 2.24) is 0 Å². The number of methoxy groups -OCH3 is 2. The zero-order valence-corrected chi connectivity index (χ0v) is 9.70. The summed E-state index contributed by atoms with van der Waals surface area (Å²) in [5.41, 5.74) is 5.96. The van der Waals surface area contributed by atoms with Gasteiger partial charge in [0.1, 0.15) is 6.04 Å². The molecular formula is C11H15FN2O3. The molecule has 1 rings (SSSR count). The van der Waals surface area contributed by atoms with Crippen molar-refractivity contribution in [2.24, 2.45) is 5.73 Å². The summed E-state index contributed by atoms with van der Waals surface area (Å²) in [6, 6.07) is 3.51. The average Bonchev–Trinajstić information content (AvgIpc) is 2.36. The SMILES string of the molecule is COC(=O)C(CN)Nc1ccc(F)c(OC)c1. The first-order valence-electron chi connectivity index (χ1n) is 5.00. The fourth-order valence-electron chi connectivity index (χ4n) is 1.31. The van der Waals surface area contributed by atoms with Gasteiger partial charge in [0.15, 0.2) is 11.6 Å². The summed E-state index contributed by atoms with van der Waals surface area (Å²) in [6.45, 7) is 0.0758. The van der Waals surface area contributed by atoms with Crippen LogP contribution in [0.15, 0.2) is 18.2 Å². The van der Waals surface area contributed by atoms with E-state index >= 15 is 0 Å². The third-order valence-electron chi connectivity index (χ3n) is 2.21. The molecule has 5 nitrogen and oxygen atoms in total. The predicted octanol–water partition coefficient (Wildman–Crippen LogP) is 0.747. The topological polar surface area (TPSA) is 73.6 Å². The third-order valence-corrected chi connectivity index (χ3v) is 2.21. The van der Waals surface area contributed by atoms with E-state index in [-0.39, 0.29) is 12.3 Å². The Morgan fingerprint density at radius 3 is 2.76 bits per heavy atom. The molecule has 0 radical (unpaired) electrons. The Morgan fingerprint density at radius 1 is 1.53 bits per heavy atom. The lowest BCUT2D eigenvalue weighted by molar-refractivity contribution is -0.141. The number of hydrogen-bond acceptors (Lipinski definition) is 5. The first kappa shape index (κ1) is 13.2. The van der Waals surface area contributed by atoms with Crippen LogP contribution in [-0.4, -0.2) is 32.8 Å². The number of benzene rings is 1. The molecule has 0 heterocycles. The molecule has 0 aliphatic heterocycles. The Morgan fingerprint density at radius 2 is 2.24 bits per heavy atom. The van der Waals surface area contributed by atoms with E-state index in [0.29, 0.717) is 5.69 Å². The molecule has 0 aromatic heterocycles. The van der Waals surface area contributed by atoms with Gasteiger partial charge in [-0.2, -0.15) is 0 Å². The monoisotopic (exact) mass is 242 g/mol. The summed E-state index contributed by atoms with van der Waals surface area (Å²) in [5, 5.41) is 2.84. The molecule has 0 bridgehead atoms. The molecule has 1 atom stereocenters. The maximum absolute atomic E-state index is 13.1. The van der Waals surface area contributed by atoms with Crippen molar-refractivity contribution in [3.8, 4) is 5.75 Å². The van der Waals surface area contributed by atoms with Crippen molar-refractivity contribution in [2.45, 2.75) is 6.04 Å². The minimum atomic E-state index is -0.671. The molecule has 0 spiro atoms. The van der Waals surface area contributed by atoms with Gasteiger partial charge in [-0.1, -0.05) is 0 Å². The van der Waals surface area contributed by atoms with Gasteiger partial charge in [-0.15, -0.1) is 0 Å². The van der Waals surface area contributed by atoms with Crippen LogP contribution in [0, 0.1) is 5.82 Å². The first-order chi connectivity index (χ1) is 8.12. The second-order valence-corrected chi connectivity index (χ2v) is 3.31. The Balaban J connectivity index is 2.83. The second kappa shape index (κ2) is 6.05. The Bertz CT molecular complexity index is 398. The van der Waals surface area contributed by atoms with Crippen LogP contribution < -0.4 is 15.8 Å². The summed E-state index contributed by atoms with van der Waals surface area (Å²) in [6.07, 6.45) is 0. The van der Waals surface area contributed by atoms with Gasteiger partial charge in [0, 0.05) is 18.3 Å². The molecule has 0 fully saturated rings. The van der Waals surface area contributed by atoms with Crippen LogP contribution in [0.4, 0.5) is 10.1 Å². The molecule has 0 amide bonds. The van der Waals surface area contributed by atoms with Crippen molar-refractivity contribution in [1.29, 1.82) is 0 Å². The van der Waals surface area contributed by atoms with E-state index in [1.54, 1.807) is 0 Å². The molecule has 0 saturated heterocycles. The van der Waals surface area contributed by atoms with Crippen molar-refractivity contribution >= 4 is 11.7 Å². The van der Waals surface area contributed by atoms with Gasteiger partial charge in [0.2, 0.25) is 0 Å². The summed E-state index contributed by atoms with van der Waals surface area (Å²) in [5.74, 6) is -0.855. The molecule has 3 N–H and O–H groups in total. The number of hydrogen-bond donors (Lipinski definition) is 2. The number of nitrogens with two attached hydrogens (primary N) is 1. The number of esters is 1. The van der Waals surface area contributed by atoms with Gasteiger partial charge >= 0.3 is 5.97 Å². The Kier molecular flexibility index (Phi) is 4.71. The fourth-order valence-corrected chi connectivity index (χ4v) is 1.31. The standard InChI is InChI=1S/C11H15FN2O3/c1-16-10-5-7(3-4-8(10)12)14-9(6-13)11(15)17-2/h3-5,9,14H,6,13H2,1-2H3. The van der Waals surface area contributed by atoms with Crippen molar-refractivity contribution < 1.29 is 18.7 Å². The summed E-state index contributed by atoms with van der Waals surface area (Å²) >= 11 is 0. The number of rotatable bonds is 5. The molecule has 1 unspecified atom stereocenters. The highest BCUT2D eigenvalue weighted by Gasteiger charge is 2.17. The minimum Gasteiger partial charge on any atom is -0.494 e. The van der Waals surface area contributed by atoms with E-state index in [4.69, 9.17) is 10.5 Å². The summed E-state index contributed by atoms with van der Waals surface area (Å²) in [4.78, 5) is 11.3. The van der Waals surface area contributed by atoms with Gasteiger partial charge in [-0.25, -0.2) is 9.18 Å². The lowest BCUT2D eigenvalue weighted by Crippen LogP contribution is -2.37. The quantitative estimate of drug-likeness (QED) is 0.745. The molecule has 6 heteroatoms. The van der Waals surface area contributed by atoms with Crippen LogP contribution >= 0.6 is 0 Å². The third kappa shape index (κ3) is 3.32. The molecule has 1 aromatic rings. The van der Waals surface area contributed by atoms with E-state index in [1.807, 2.05) is 0 Å².